The first kappa shape index (κ1) is 14.2. The fourth-order valence-corrected chi connectivity index (χ4v) is 2.66. The van der Waals surface area contributed by atoms with Gasteiger partial charge in [0.2, 0.25) is 0 Å². The van der Waals surface area contributed by atoms with E-state index < -0.39 is 0 Å². The predicted octanol–water partition coefficient (Wildman–Crippen LogP) is 2.16. The SMILES string of the molecule is CC(O)C1CCN(C(=O)c2ccc(Cl)cc2N)CC1. The van der Waals surface area contributed by atoms with E-state index in [0.29, 0.717) is 29.4 Å². The first-order chi connectivity index (χ1) is 8.99. The second-order valence-electron chi connectivity index (χ2n) is 5.10. The summed E-state index contributed by atoms with van der Waals surface area (Å²) in [7, 11) is 0. The van der Waals surface area contributed by atoms with Crippen LogP contribution < -0.4 is 5.73 Å². The van der Waals surface area contributed by atoms with Crippen LogP contribution in [0.2, 0.25) is 5.02 Å². The minimum atomic E-state index is -0.308. The van der Waals surface area contributed by atoms with Gasteiger partial charge in [-0.05, 0) is 43.9 Å². The van der Waals surface area contributed by atoms with Crippen molar-refractivity contribution in [2.75, 3.05) is 18.8 Å². The summed E-state index contributed by atoms with van der Waals surface area (Å²) in [5.41, 5.74) is 6.74. The third-order valence-electron chi connectivity index (χ3n) is 3.75. The van der Waals surface area contributed by atoms with Gasteiger partial charge in [0.1, 0.15) is 0 Å². The van der Waals surface area contributed by atoms with Crippen LogP contribution in [0.5, 0.6) is 0 Å². The highest BCUT2D eigenvalue weighted by molar-refractivity contribution is 6.31. The molecule has 5 heteroatoms. The van der Waals surface area contributed by atoms with Crippen molar-refractivity contribution in [3.05, 3.63) is 28.8 Å². The molecular weight excluding hydrogens is 264 g/mol. The molecule has 0 saturated carbocycles. The van der Waals surface area contributed by atoms with Gasteiger partial charge in [-0.3, -0.25) is 4.79 Å². The Hall–Kier alpha value is -1.26. The van der Waals surface area contributed by atoms with E-state index in [1.165, 1.54) is 0 Å². The minimum Gasteiger partial charge on any atom is -0.398 e. The first-order valence-corrected chi connectivity index (χ1v) is 6.89. The van der Waals surface area contributed by atoms with Crippen LogP contribution in [0.1, 0.15) is 30.1 Å². The molecule has 1 atom stereocenters. The molecule has 1 aromatic rings. The van der Waals surface area contributed by atoms with Crippen LogP contribution in [0.4, 0.5) is 5.69 Å². The summed E-state index contributed by atoms with van der Waals surface area (Å²) in [6.45, 7) is 3.13. The Morgan fingerprint density at radius 1 is 1.47 bits per heavy atom. The molecule has 19 heavy (non-hydrogen) atoms. The summed E-state index contributed by atoms with van der Waals surface area (Å²) < 4.78 is 0. The molecule has 0 aromatic heterocycles. The number of carbonyl (C=O) groups excluding carboxylic acids is 1. The van der Waals surface area contributed by atoms with Crippen molar-refractivity contribution in [1.29, 1.82) is 0 Å². The number of hydrogen-bond acceptors (Lipinski definition) is 3. The number of rotatable bonds is 2. The average Bonchev–Trinajstić information content (AvgIpc) is 2.38. The molecule has 0 aliphatic carbocycles. The Bertz CT molecular complexity index is 469. The van der Waals surface area contributed by atoms with Crippen molar-refractivity contribution in [2.45, 2.75) is 25.9 Å². The van der Waals surface area contributed by atoms with E-state index in [4.69, 9.17) is 17.3 Å². The lowest BCUT2D eigenvalue weighted by Gasteiger charge is -2.33. The summed E-state index contributed by atoms with van der Waals surface area (Å²) >= 11 is 5.83. The topological polar surface area (TPSA) is 66.6 Å². The minimum absolute atomic E-state index is 0.0572. The van der Waals surface area contributed by atoms with Crippen LogP contribution >= 0.6 is 11.6 Å². The second-order valence-corrected chi connectivity index (χ2v) is 5.54. The fraction of sp³-hybridized carbons (Fsp3) is 0.500. The Balaban J connectivity index is 2.05. The molecule has 4 nitrogen and oxygen atoms in total. The largest absolute Gasteiger partial charge is 0.398 e. The van der Waals surface area contributed by atoms with Crippen molar-refractivity contribution in [3.8, 4) is 0 Å². The summed E-state index contributed by atoms with van der Waals surface area (Å²) in [5.74, 6) is 0.227. The molecule has 0 radical (unpaired) electrons. The van der Waals surface area contributed by atoms with Gasteiger partial charge in [-0.2, -0.15) is 0 Å². The maximum Gasteiger partial charge on any atom is 0.255 e. The van der Waals surface area contributed by atoms with Crippen molar-refractivity contribution < 1.29 is 9.90 Å². The Morgan fingerprint density at radius 3 is 2.63 bits per heavy atom. The van der Waals surface area contributed by atoms with E-state index in [0.717, 1.165) is 12.8 Å². The number of piperidine rings is 1. The second kappa shape index (κ2) is 5.80. The fourth-order valence-electron chi connectivity index (χ4n) is 2.48. The number of benzene rings is 1. The Morgan fingerprint density at radius 2 is 2.11 bits per heavy atom. The number of anilines is 1. The van der Waals surface area contributed by atoms with Gasteiger partial charge in [-0.1, -0.05) is 11.6 Å². The maximum atomic E-state index is 12.3. The summed E-state index contributed by atoms with van der Waals surface area (Å²) in [6.07, 6.45) is 1.35. The van der Waals surface area contributed by atoms with E-state index in [2.05, 4.69) is 0 Å². The van der Waals surface area contributed by atoms with Gasteiger partial charge in [-0.15, -0.1) is 0 Å². The van der Waals surface area contributed by atoms with Gasteiger partial charge in [0, 0.05) is 23.8 Å². The third kappa shape index (κ3) is 3.19. The molecule has 1 heterocycles. The molecule has 0 bridgehead atoms. The summed E-state index contributed by atoms with van der Waals surface area (Å²) in [4.78, 5) is 14.1. The van der Waals surface area contributed by atoms with Crippen LogP contribution in [0.15, 0.2) is 18.2 Å². The molecule has 104 valence electrons. The molecule has 0 spiro atoms. The molecule has 1 unspecified atom stereocenters. The normalized spacial score (nSPS) is 18.4. The van der Waals surface area contributed by atoms with Gasteiger partial charge >= 0.3 is 0 Å². The van der Waals surface area contributed by atoms with E-state index in [1.807, 2.05) is 0 Å². The van der Waals surface area contributed by atoms with Crippen molar-refractivity contribution >= 4 is 23.2 Å². The number of nitrogens with zero attached hydrogens (tertiary/aromatic N) is 1. The molecule has 1 aliphatic heterocycles. The standard InChI is InChI=1S/C14H19ClN2O2/c1-9(18)10-4-6-17(7-5-10)14(19)12-3-2-11(15)8-13(12)16/h2-3,8-10,18H,4-7,16H2,1H3. The highest BCUT2D eigenvalue weighted by atomic mass is 35.5. The number of aliphatic hydroxyl groups is 1. The number of carbonyl (C=O) groups is 1. The molecule has 1 aliphatic rings. The highest BCUT2D eigenvalue weighted by Gasteiger charge is 2.26. The molecular formula is C14H19ClN2O2. The maximum absolute atomic E-state index is 12.3. The number of nitrogens with two attached hydrogens (primary N) is 1. The smallest absolute Gasteiger partial charge is 0.255 e. The molecule has 1 amide bonds. The zero-order valence-electron chi connectivity index (χ0n) is 11.0. The predicted molar refractivity (Wildman–Crippen MR) is 76.2 cm³/mol. The Labute approximate surface area is 118 Å². The Kier molecular flexibility index (Phi) is 4.32. The quantitative estimate of drug-likeness (QED) is 0.817. The molecule has 1 fully saturated rings. The van der Waals surface area contributed by atoms with E-state index in [-0.39, 0.29) is 17.9 Å². The number of halogens is 1. The first-order valence-electron chi connectivity index (χ1n) is 6.51. The number of nitrogen functional groups attached to an aromatic ring is 1. The van der Waals surface area contributed by atoms with Gasteiger partial charge in [0.15, 0.2) is 0 Å². The van der Waals surface area contributed by atoms with Crippen LogP contribution in [0.25, 0.3) is 0 Å². The van der Waals surface area contributed by atoms with Gasteiger partial charge < -0.3 is 15.7 Å². The van der Waals surface area contributed by atoms with Gasteiger partial charge in [0.05, 0.1) is 11.7 Å². The zero-order chi connectivity index (χ0) is 14.0. The van der Waals surface area contributed by atoms with Gasteiger partial charge in [0.25, 0.3) is 5.91 Å². The van der Waals surface area contributed by atoms with E-state index in [9.17, 15) is 9.90 Å². The average molecular weight is 283 g/mol. The number of aliphatic hydroxyl groups excluding tert-OH is 1. The molecule has 1 aromatic carbocycles. The van der Waals surface area contributed by atoms with Crippen LogP contribution in [0, 0.1) is 5.92 Å². The van der Waals surface area contributed by atoms with Crippen LogP contribution in [-0.2, 0) is 0 Å². The van der Waals surface area contributed by atoms with E-state index >= 15 is 0 Å². The van der Waals surface area contributed by atoms with Crippen molar-refractivity contribution in [1.82, 2.24) is 4.90 Å². The number of hydrogen-bond donors (Lipinski definition) is 2. The molecule has 3 N–H and O–H groups in total. The van der Waals surface area contributed by atoms with Crippen molar-refractivity contribution in [2.24, 2.45) is 5.92 Å². The zero-order valence-corrected chi connectivity index (χ0v) is 11.7. The third-order valence-corrected chi connectivity index (χ3v) is 3.99. The lowest BCUT2D eigenvalue weighted by atomic mass is 9.92. The highest BCUT2D eigenvalue weighted by Crippen LogP contribution is 2.24. The van der Waals surface area contributed by atoms with E-state index in [1.54, 1.807) is 30.0 Å². The van der Waals surface area contributed by atoms with Crippen LogP contribution in [-0.4, -0.2) is 35.1 Å². The lowest BCUT2D eigenvalue weighted by molar-refractivity contribution is 0.0522. The number of likely N-dealkylation sites (tertiary alicyclic amines) is 1. The van der Waals surface area contributed by atoms with Gasteiger partial charge in [-0.25, -0.2) is 0 Å². The lowest BCUT2D eigenvalue weighted by Crippen LogP contribution is -2.40. The van der Waals surface area contributed by atoms with Crippen LogP contribution in [0.3, 0.4) is 0 Å². The monoisotopic (exact) mass is 282 g/mol. The molecule has 2 rings (SSSR count). The summed E-state index contributed by atoms with van der Waals surface area (Å²) in [6, 6.07) is 4.94. The number of amides is 1. The summed E-state index contributed by atoms with van der Waals surface area (Å²) in [5, 5.41) is 10.1. The molecule has 1 saturated heterocycles. The van der Waals surface area contributed by atoms with Crippen molar-refractivity contribution in [3.63, 3.8) is 0 Å².